The number of rotatable bonds is 12. The van der Waals surface area contributed by atoms with Crippen LogP contribution in [0.25, 0.3) is 0 Å². The van der Waals surface area contributed by atoms with Crippen molar-refractivity contribution in [2.75, 3.05) is 26.2 Å². The largest absolute Gasteiger partial charge is 0.384 e. The molecule has 1 rings (SSSR count). The molecule has 164 valence electrons. The summed E-state index contributed by atoms with van der Waals surface area (Å²) in [7, 11) is 0. The Hall–Kier alpha value is -2.46. The molecule has 30 heavy (non-hydrogen) atoms. The van der Waals surface area contributed by atoms with E-state index in [0.717, 1.165) is 31.0 Å². The lowest BCUT2D eigenvalue weighted by atomic mass is 9.92. The van der Waals surface area contributed by atoms with Crippen LogP contribution in [-0.4, -0.2) is 42.6 Å². The highest BCUT2D eigenvalue weighted by Gasteiger charge is 2.18. The van der Waals surface area contributed by atoms with E-state index in [-0.39, 0.29) is 0 Å². The second-order valence-corrected chi connectivity index (χ2v) is 7.64. The molecule has 4 heteroatoms. The summed E-state index contributed by atoms with van der Waals surface area (Å²) in [6.45, 7) is 14.0. The monoisotopic (exact) mass is 408 g/mol. The van der Waals surface area contributed by atoms with Crippen molar-refractivity contribution in [3.8, 4) is 0 Å². The molecular formula is C26H40N4. The molecule has 0 saturated carbocycles. The van der Waals surface area contributed by atoms with Gasteiger partial charge >= 0.3 is 0 Å². The van der Waals surface area contributed by atoms with E-state index >= 15 is 0 Å². The van der Waals surface area contributed by atoms with Crippen LogP contribution in [0.3, 0.4) is 0 Å². The average molecular weight is 409 g/mol. The lowest BCUT2D eigenvalue weighted by Crippen LogP contribution is -2.34. The molecule has 1 aliphatic heterocycles. The normalized spacial score (nSPS) is 18.2. The minimum atomic E-state index is 0.397. The van der Waals surface area contributed by atoms with Gasteiger partial charge in [0.2, 0.25) is 0 Å². The van der Waals surface area contributed by atoms with E-state index in [4.69, 9.17) is 11.1 Å². The SMILES string of the molecule is C=C/C=C(\C=C/C)C(=N)/C=C\C(N)=NCCCC1CCN(CC(/C=C\C)=C/C)CC1. The molecule has 1 aliphatic rings. The number of nitrogens with zero attached hydrogens (tertiary/aromatic N) is 2. The Kier molecular flexibility index (Phi) is 13.1. The summed E-state index contributed by atoms with van der Waals surface area (Å²) in [5, 5.41) is 8.11. The second kappa shape index (κ2) is 15.4. The zero-order valence-corrected chi connectivity index (χ0v) is 19.1. The van der Waals surface area contributed by atoms with E-state index in [2.05, 4.69) is 48.5 Å². The summed E-state index contributed by atoms with van der Waals surface area (Å²) in [4.78, 5) is 7.01. The zero-order valence-electron chi connectivity index (χ0n) is 19.1. The first kappa shape index (κ1) is 25.6. The van der Waals surface area contributed by atoms with Gasteiger partial charge in [0.15, 0.2) is 0 Å². The Morgan fingerprint density at radius 3 is 2.40 bits per heavy atom. The molecule has 0 unspecified atom stereocenters. The maximum absolute atomic E-state index is 8.11. The van der Waals surface area contributed by atoms with E-state index in [1.54, 1.807) is 18.2 Å². The van der Waals surface area contributed by atoms with Crippen LogP contribution in [0.5, 0.6) is 0 Å². The van der Waals surface area contributed by atoms with E-state index in [1.807, 2.05) is 25.2 Å². The highest BCUT2D eigenvalue weighted by Crippen LogP contribution is 2.22. The van der Waals surface area contributed by atoms with Crippen molar-refractivity contribution < 1.29 is 0 Å². The number of hydrogen-bond acceptors (Lipinski definition) is 3. The third-order valence-electron chi connectivity index (χ3n) is 5.31. The maximum atomic E-state index is 8.11. The fourth-order valence-electron chi connectivity index (χ4n) is 3.59. The topological polar surface area (TPSA) is 65.5 Å². The van der Waals surface area contributed by atoms with Gasteiger partial charge in [-0.2, -0.15) is 0 Å². The Bertz CT molecular complexity index is 711. The van der Waals surface area contributed by atoms with Crippen LogP contribution in [0.2, 0.25) is 0 Å². The molecule has 0 bridgehead atoms. The first-order valence-electron chi connectivity index (χ1n) is 11.1. The van der Waals surface area contributed by atoms with Crippen molar-refractivity contribution in [2.45, 2.75) is 46.5 Å². The Morgan fingerprint density at radius 1 is 1.10 bits per heavy atom. The molecule has 0 aromatic rings. The van der Waals surface area contributed by atoms with Crippen molar-refractivity contribution >= 4 is 11.5 Å². The molecule has 1 fully saturated rings. The Labute approximate surface area is 183 Å². The van der Waals surface area contributed by atoms with Gasteiger partial charge in [-0.3, -0.25) is 9.89 Å². The lowest BCUT2D eigenvalue weighted by Gasteiger charge is -2.32. The fourth-order valence-corrected chi connectivity index (χ4v) is 3.59. The molecule has 0 radical (unpaired) electrons. The molecule has 4 nitrogen and oxygen atoms in total. The number of aliphatic imine (C=N–C) groups is 1. The lowest BCUT2D eigenvalue weighted by molar-refractivity contribution is 0.191. The number of likely N-dealkylation sites (tertiary alicyclic amines) is 1. The maximum Gasteiger partial charge on any atom is 0.118 e. The molecule has 0 aromatic heterocycles. The van der Waals surface area contributed by atoms with Crippen LogP contribution in [0.4, 0.5) is 0 Å². The Morgan fingerprint density at radius 2 is 1.80 bits per heavy atom. The summed E-state index contributed by atoms with van der Waals surface area (Å²) < 4.78 is 0. The van der Waals surface area contributed by atoms with Crippen LogP contribution in [0, 0.1) is 11.3 Å². The van der Waals surface area contributed by atoms with Gasteiger partial charge in [-0.1, -0.05) is 49.1 Å². The number of hydrogen-bond donors (Lipinski definition) is 2. The third-order valence-corrected chi connectivity index (χ3v) is 5.31. The van der Waals surface area contributed by atoms with Crippen LogP contribution in [0.1, 0.15) is 46.5 Å². The van der Waals surface area contributed by atoms with Crippen molar-refractivity contribution in [2.24, 2.45) is 16.6 Å². The van der Waals surface area contributed by atoms with Crippen molar-refractivity contribution in [3.63, 3.8) is 0 Å². The first-order valence-corrected chi connectivity index (χ1v) is 11.1. The Balaban J connectivity index is 2.34. The minimum Gasteiger partial charge on any atom is -0.384 e. The van der Waals surface area contributed by atoms with Crippen molar-refractivity contribution in [3.05, 3.63) is 72.4 Å². The fraction of sp³-hybridized carbons (Fsp3) is 0.462. The number of allylic oxidation sites excluding steroid dienone is 8. The molecule has 0 aliphatic carbocycles. The van der Waals surface area contributed by atoms with Crippen LogP contribution >= 0.6 is 0 Å². The zero-order chi connectivity index (χ0) is 22.2. The van der Waals surface area contributed by atoms with Gasteiger partial charge in [-0.25, -0.2) is 0 Å². The number of amidine groups is 1. The molecular weight excluding hydrogens is 368 g/mol. The predicted molar refractivity (Wildman–Crippen MR) is 133 cm³/mol. The summed E-state index contributed by atoms with van der Waals surface area (Å²) in [5.74, 6) is 1.28. The summed E-state index contributed by atoms with van der Waals surface area (Å²) >= 11 is 0. The van der Waals surface area contributed by atoms with Gasteiger partial charge in [0.05, 0.1) is 5.71 Å². The van der Waals surface area contributed by atoms with Crippen LogP contribution in [0.15, 0.2) is 77.4 Å². The van der Waals surface area contributed by atoms with E-state index in [1.165, 1.54) is 37.9 Å². The van der Waals surface area contributed by atoms with E-state index in [9.17, 15) is 0 Å². The average Bonchev–Trinajstić information content (AvgIpc) is 2.75. The molecule has 1 heterocycles. The standard InChI is InChI=1S/C26H40N4/c1-5-10-22(8-4)21-30-19-16-23(17-20-30)13-9-18-29-26(28)15-14-25(27)24(11-6-2)12-7-3/h5-8,10-12,14-15,23,27H,2,9,13,16-21H2,1,3-4H3,(H2,28,29)/b10-5-,12-7-,15-14-,22-8+,24-11+,27-25?. The second-order valence-electron chi connectivity index (χ2n) is 7.64. The number of piperidine rings is 1. The van der Waals surface area contributed by atoms with Crippen molar-refractivity contribution in [1.82, 2.24) is 4.90 Å². The van der Waals surface area contributed by atoms with Gasteiger partial charge in [0, 0.05) is 13.1 Å². The highest BCUT2D eigenvalue weighted by atomic mass is 15.1. The van der Waals surface area contributed by atoms with Crippen LogP contribution < -0.4 is 5.73 Å². The number of nitrogens with one attached hydrogen (secondary N) is 1. The van der Waals surface area contributed by atoms with Gasteiger partial charge in [-0.15, -0.1) is 0 Å². The third kappa shape index (κ3) is 10.4. The van der Waals surface area contributed by atoms with Gasteiger partial charge < -0.3 is 11.1 Å². The summed E-state index contributed by atoms with van der Waals surface area (Å²) in [6.07, 6.45) is 22.0. The molecule has 0 spiro atoms. The molecule has 0 aromatic carbocycles. The van der Waals surface area contributed by atoms with Crippen LogP contribution in [-0.2, 0) is 0 Å². The molecule has 1 saturated heterocycles. The quantitative estimate of drug-likeness (QED) is 0.190. The number of nitrogens with two attached hydrogens (primary N) is 1. The smallest absolute Gasteiger partial charge is 0.118 e. The van der Waals surface area contributed by atoms with E-state index < -0.39 is 0 Å². The predicted octanol–water partition coefficient (Wildman–Crippen LogP) is 5.62. The van der Waals surface area contributed by atoms with Gasteiger partial charge in [-0.05, 0) is 88.8 Å². The minimum absolute atomic E-state index is 0.397. The summed E-state index contributed by atoms with van der Waals surface area (Å²) in [5.41, 5.74) is 8.58. The van der Waals surface area contributed by atoms with Gasteiger partial charge in [0.1, 0.15) is 5.84 Å². The first-order chi connectivity index (χ1) is 14.5. The van der Waals surface area contributed by atoms with Crippen molar-refractivity contribution in [1.29, 1.82) is 5.41 Å². The summed E-state index contributed by atoms with van der Waals surface area (Å²) in [6, 6.07) is 0. The van der Waals surface area contributed by atoms with Gasteiger partial charge in [0.25, 0.3) is 0 Å². The van der Waals surface area contributed by atoms with E-state index in [0.29, 0.717) is 11.5 Å². The highest BCUT2D eigenvalue weighted by molar-refractivity contribution is 6.11. The molecule has 0 atom stereocenters. The molecule has 0 amide bonds. The molecule has 3 N–H and O–H groups in total.